The number of halogens is 1. The normalized spacial score (nSPS) is 9.61. The quantitative estimate of drug-likeness (QED) is 0.505. The van der Waals surface area contributed by atoms with Crippen LogP contribution in [-0.4, -0.2) is 26.3 Å². The van der Waals surface area contributed by atoms with Gasteiger partial charge in [0.15, 0.2) is 0 Å². The van der Waals surface area contributed by atoms with Crippen molar-refractivity contribution in [1.29, 1.82) is 0 Å². The summed E-state index contributed by atoms with van der Waals surface area (Å²) in [6.07, 6.45) is 2.88. The van der Waals surface area contributed by atoms with E-state index in [9.17, 15) is 0 Å². The maximum atomic E-state index is 5.99. The van der Waals surface area contributed by atoms with Crippen molar-refractivity contribution in [3.8, 4) is 0 Å². The first-order valence-electron chi connectivity index (χ1n) is 5.73. The number of hydrogen-bond donors (Lipinski definition) is 0. The van der Waals surface area contributed by atoms with E-state index in [0.717, 1.165) is 18.8 Å². The molecule has 1 aromatic rings. The monoisotopic (exact) mass is 267 g/mol. The fraction of sp³-hybridized carbons (Fsp3) is 0.286. The Hall–Kier alpha value is -1.61. The first-order valence-corrected chi connectivity index (χ1v) is 6.11. The molecule has 1 aromatic carbocycles. The van der Waals surface area contributed by atoms with Crippen molar-refractivity contribution < 1.29 is 9.47 Å². The smallest absolute Gasteiger partial charge is 0.105 e. The number of nitrogens with zero attached hydrogens (tertiary/aromatic N) is 1. The Labute approximate surface area is 113 Å². The zero-order valence-corrected chi connectivity index (χ0v) is 11.1. The Morgan fingerprint density at radius 3 is 2.22 bits per heavy atom. The third kappa shape index (κ3) is 5.15. The third-order valence-corrected chi connectivity index (χ3v) is 2.60. The Bertz CT molecular complexity index is 368. The standard InChI is InChI=1S/C14H18ClNO2/c1-3-17-10-8-16(9-11-18-4-2)14-7-5-6-13(15)12-14/h3-7,12H,1-2,8-11H2. The molecule has 0 aliphatic rings. The highest BCUT2D eigenvalue weighted by Gasteiger charge is 2.06. The lowest BCUT2D eigenvalue weighted by atomic mass is 10.3. The number of rotatable bonds is 9. The van der Waals surface area contributed by atoms with Crippen LogP contribution >= 0.6 is 11.6 Å². The number of anilines is 1. The van der Waals surface area contributed by atoms with Crippen molar-refractivity contribution in [2.75, 3.05) is 31.2 Å². The summed E-state index contributed by atoms with van der Waals surface area (Å²) in [6, 6.07) is 7.70. The predicted octanol–water partition coefficient (Wildman–Crippen LogP) is 3.47. The fourth-order valence-electron chi connectivity index (χ4n) is 1.54. The van der Waals surface area contributed by atoms with Gasteiger partial charge in [0, 0.05) is 10.7 Å². The van der Waals surface area contributed by atoms with Crippen LogP contribution in [0.15, 0.2) is 49.9 Å². The summed E-state index contributed by atoms with van der Waals surface area (Å²) in [7, 11) is 0. The van der Waals surface area contributed by atoms with Gasteiger partial charge < -0.3 is 14.4 Å². The molecule has 0 radical (unpaired) electrons. The van der Waals surface area contributed by atoms with E-state index in [2.05, 4.69) is 18.1 Å². The van der Waals surface area contributed by atoms with E-state index in [0.29, 0.717) is 18.2 Å². The van der Waals surface area contributed by atoms with Crippen LogP contribution in [0.4, 0.5) is 5.69 Å². The topological polar surface area (TPSA) is 21.7 Å². The summed E-state index contributed by atoms with van der Waals surface area (Å²) in [4.78, 5) is 2.14. The van der Waals surface area contributed by atoms with E-state index in [1.54, 1.807) is 0 Å². The molecule has 0 unspecified atom stereocenters. The lowest BCUT2D eigenvalue weighted by molar-refractivity contribution is 0.240. The molecule has 0 bridgehead atoms. The molecule has 0 saturated heterocycles. The molecule has 0 atom stereocenters. The van der Waals surface area contributed by atoms with Crippen LogP contribution < -0.4 is 4.90 Å². The maximum Gasteiger partial charge on any atom is 0.105 e. The van der Waals surface area contributed by atoms with Gasteiger partial charge in [0.05, 0.1) is 25.6 Å². The Balaban J connectivity index is 2.62. The van der Waals surface area contributed by atoms with Crippen molar-refractivity contribution in [3.63, 3.8) is 0 Å². The molecule has 0 aliphatic heterocycles. The summed E-state index contributed by atoms with van der Waals surface area (Å²) in [5, 5.41) is 0.715. The summed E-state index contributed by atoms with van der Waals surface area (Å²) in [5.41, 5.74) is 1.04. The second-order valence-electron chi connectivity index (χ2n) is 3.54. The van der Waals surface area contributed by atoms with Gasteiger partial charge in [-0.2, -0.15) is 0 Å². The van der Waals surface area contributed by atoms with Gasteiger partial charge in [-0.3, -0.25) is 0 Å². The van der Waals surface area contributed by atoms with Crippen molar-refractivity contribution in [2.45, 2.75) is 0 Å². The first-order chi connectivity index (χ1) is 8.77. The summed E-state index contributed by atoms with van der Waals surface area (Å²) >= 11 is 5.99. The van der Waals surface area contributed by atoms with Crippen molar-refractivity contribution >= 4 is 17.3 Å². The molecule has 3 nitrogen and oxygen atoms in total. The van der Waals surface area contributed by atoms with Crippen LogP contribution in [-0.2, 0) is 9.47 Å². The molecular formula is C14H18ClNO2. The van der Waals surface area contributed by atoms with Crippen LogP contribution in [0.1, 0.15) is 0 Å². The predicted molar refractivity (Wildman–Crippen MR) is 76.0 cm³/mol. The highest BCUT2D eigenvalue weighted by Crippen LogP contribution is 2.19. The van der Waals surface area contributed by atoms with E-state index in [4.69, 9.17) is 21.1 Å². The van der Waals surface area contributed by atoms with Crippen LogP contribution in [0.2, 0.25) is 5.02 Å². The average Bonchev–Trinajstić information content (AvgIpc) is 2.37. The zero-order valence-electron chi connectivity index (χ0n) is 10.3. The molecule has 18 heavy (non-hydrogen) atoms. The second kappa shape index (κ2) is 8.48. The van der Waals surface area contributed by atoms with Gasteiger partial charge in [0.2, 0.25) is 0 Å². The Morgan fingerprint density at radius 1 is 1.11 bits per heavy atom. The molecule has 0 N–H and O–H groups in total. The minimum Gasteiger partial charge on any atom is -0.500 e. The zero-order chi connectivity index (χ0) is 13.2. The fourth-order valence-corrected chi connectivity index (χ4v) is 1.72. The Kier molecular flexibility index (Phi) is 6.81. The lowest BCUT2D eigenvalue weighted by Gasteiger charge is -2.24. The van der Waals surface area contributed by atoms with Gasteiger partial charge in [-0.1, -0.05) is 30.8 Å². The average molecular weight is 268 g/mol. The van der Waals surface area contributed by atoms with E-state index < -0.39 is 0 Å². The van der Waals surface area contributed by atoms with E-state index in [1.807, 2.05) is 24.3 Å². The van der Waals surface area contributed by atoms with Gasteiger partial charge in [-0.05, 0) is 18.2 Å². The molecule has 4 heteroatoms. The Morgan fingerprint density at radius 2 is 1.72 bits per heavy atom. The van der Waals surface area contributed by atoms with E-state index in [-0.39, 0.29) is 0 Å². The number of hydrogen-bond acceptors (Lipinski definition) is 3. The molecule has 0 fully saturated rings. The van der Waals surface area contributed by atoms with Gasteiger partial charge in [-0.15, -0.1) is 0 Å². The molecule has 0 aromatic heterocycles. The minimum absolute atomic E-state index is 0.574. The second-order valence-corrected chi connectivity index (χ2v) is 3.98. The molecule has 0 heterocycles. The third-order valence-electron chi connectivity index (χ3n) is 2.37. The van der Waals surface area contributed by atoms with Crippen LogP contribution in [0.3, 0.4) is 0 Å². The number of ether oxygens (including phenoxy) is 2. The number of benzene rings is 1. The highest BCUT2D eigenvalue weighted by molar-refractivity contribution is 6.30. The largest absolute Gasteiger partial charge is 0.500 e. The van der Waals surface area contributed by atoms with E-state index >= 15 is 0 Å². The summed E-state index contributed by atoms with van der Waals surface area (Å²) in [6.45, 7) is 9.67. The van der Waals surface area contributed by atoms with Gasteiger partial charge >= 0.3 is 0 Å². The molecule has 0 amide bonds. The van der Waals surface area contributed by atoms with Gasteiger partial charge in [-0.25, -0.2) is 0 Å². The van der Waals surface area contributed by atoms with Crippen molar-refractivity contribution in [1.82, 2.24) is 0 Å². The molecule has 0 spiro atoms. The van der Waals surface area contributed by atoms with Gasteiger partial charge in [0.1, 0.15) is 13.2 Å². The summed E-state index contributed by atoms with van der Waals surface area (Å²) < 4.78 is 10.3. The highest BCUT2D eigenvalue weighted by atomic mass is 35.5. The van der Waals surface area contributed by atoms with Crippen LogP contribution in [0.5, 0.6) is 0 Å². The molecule has 0 aliphatic carbocycles. The van der Waals surface area contributed by atoms with Crippen LogP contribution in [0.25, 0.3) is 0 Å². The van der Waals surface area contributed by atoms with Crippen molar-refractivity contribution in [2.24, 2.45) is 0 Å². The lowest BCUT2D eigenvalue weighted by Crippen LogP contribution is -2.30. The van der Waals surface area contributed by atoms with Crippen LogP contribution in [0, 0.1) is 0 Å². The van der Waals surface area contributed by atoms with Gasteiger partial charge in [0.25, 0.3) is 0 Å². The SMILES string of the molecule is C=COCCN(CCOC=C)c1cccc(Cl)c1. The molecule has 1 rings (SSSR count). The molecule has 0 saturated carbocycles. The minimum atomic E-state index is 0.574. The summed E-state index contributed by atoms with van der Waals surface area (Å²) in [5.74, 6) is 0. The molecule has 98 valence electrons. The molecular weight excluding hydrogens is 250 g/mol. The van der Waals surface area contributed by atoms with E-state index in [1.165, 1.54) is 12.5 Å². The first kappa shape index (κ1) is 14.5. The van der Waals surface area contributed by atoms with Crippen molar-refractivity contribution in [3.05, 3.63) is 55.0 Å². The maximum absolute atomic E-state index is 5.99.